The molecule has 1 atom stereocenters. The van der Waals surface area contributed by atoms with Crippen LogP contribution >= 0.6 is 23.2 Å². The smallest absolute Gasteiger partial charge is 0.389 e. The maximum atomic E-state index is 12.0. The highest BCUT2D eigenvalue weighted by Crippen LogP contribution is 2.36. The molecule has 0 aromatic heterocycles. The summed E-state index contributed by atoms with van der Waals surface area (Å²) >= 11 is 11.8. The van der Waals surface area contributed by atoms with Crippen LogP contribution in [-0.4, -0.2) is 13.3 Å². The van der Waals surface area contributed by atoms with Crippen molar-refractivity contribution in [2.45, 2.75) is 24.4 Å². The lowest BCUT2D eigenvalue weighted by molar-refractivity contribution is -0.135. The average molecular weight is 287 g/mol. The van der Waals surface area contributed by atoms with Crippen LogP contribution in [0.15, 0.2) is 18.2 Å². The Hall–Kier alpha value is -0.610. The molecule has 6 heteroatoms. The topological polar surface area (TPSA) is 9.23 Å². The van der Waals surface area contributed by atoms with Crippen LogP contribution in [0.5, 0.6) is 5.75 Å². The Morgan fingerprint density at radius 2 is 2.00 bits per heavy atom. The Morgan fingerprint density at radius 1 is 1.35 bits per heavy atom. The third-order valence-corrected chi connectivity index (χ3v) is 3.01. The van der Waals surface area contributed by atoms with E-state index in [2.05, 4.69) is 0 Å². The van der Waals surface area contributed by atoms with E-state index in [-0.39, 0.29) is 6.42 Å². The van der Waals surface area contributed by atoms with Gasteiger partial charge in [-0.1, -0.05) is 17.7 Å². The SMILES string of the molecule is COc1ccc(C(Cl)CCC(F)(F)F)c(Cl)c1. The fourth-order valence-corrected chi connectivity index (χ4v) is 1.99. The summed E-state index contributed by atoms with van der Waals surface area (Å²) < 4.78 is 41.1. The van der Waals surface area contributed by atoms with E-state index in [1.165, 1.54) is 13.2 Å². The Balaban J connectivity index is 2.72. The van der Waals surface area contributed by atoms with Gasteiger partial charge in [-0.15, -0.1) is 11.6 Å². The Morgan fingerprint density at radius 3 is 2.47 bits per heavy atom. The van der Waals surface area contributed by atoms with Gasteiger partial charge in [0, 0.05) is 11.4 Å². The van der Waals surface area contributed by atoms with E-state index in [1.807, 2.05) is 0 Å². The van der Waals surface area contributed by atoms with Gasteiger partial charge in [0.25, 0.3) is 0 Å². The third kappa shape index (κ3) is 4.64. The molecule has 0 saturated carbocycles. The highest BCUT2D eigenvalue weighted by Gasteiger charge is 2.28. The van der Waals surface area contributed by atoms with Gasteiger partial charge in [0.05, 0.1) is 12.5 Å². The predicted molar refractivity (Wildman–Crippen MR) is 61.9 cm³/mol. The van der Waals surface area contributed by atoms with Gasteiger partial charge < -0.3 is 4.74 Å². The molecule has 1 rings (SSSR count). The number of halogens is 5. The summed E-state index contributed by atoms with van der Waals surface area (Å²) in [7, 11) is 1.48. The van der Waals surface area contributed by atoms with Gasteiger partial charge in [-0.2, -0.15) is 13.2 Å². The van der Waals surface area contributed by atoms with E-state index in [0.717, 1.165) is 0 Å². The summed E-state index contributed by atoms with van der Waals surface area (Å²) in [4.78, 5) is 0. The maximum absolute atomic E-state index is 12.0. The van der Waals surface area contributed by atoms with E-state index < -0.39 is 18.0 Å². The molecular weight excluding hydrogens is 276 g/mol. The summed E-state index contributed by atoms with van der Waals surface area (Å²) in [6, 6.07) is 4.72. The van der Waals surface area contributed by atoms with Crippen molar-refractivity contribution in [1.29, 1.82) is 0 Å². The van der Waals surface area contributed by atoms with E-state index in [9.17, 15) is 13.2 Å². The summed E-state index contributed by atoms with van der Waals surface area (Å²) in [5.74, 6) is 0.540. The van der Waals surface area contributed by atoms with Gasteiger partial charge in [0.15, 0.2) is 0 Å². The number of rotatable bonds is 4. The van der Waals surface area contributed by atoms with E-state index in [0.29, 0.717) is 16.3 Å². The molecule has 0 aliphatic heterocycles. The molecule has 0 aliphatic carbocycles. The molecule has 1 aromatic rings. The van der Waals surface area contributed by atoms with E-state index in [4.69, 9.17) is 27.9 Å². The minimum absolute atomic E-state index is 0.197. The number of ether oxygens (including phenoxy) is 1. The van der Waals surface area contributed by atoms with Gasteiger partial charge in [-0.3, -0.25) is 0 Å². The van der Waals surface area contributed by atoms with Crippen molar-refractivity contribution in [1.82, 2.24) is 0 Å². The largest absolute Gasteiger partial charge is 0.497 e. The molecule has 0 fully saturated rings. The zero-order chi connectivity index (χ0) is 13.1. The molecule has 0 N–H and O–H groups in total. The first-order valence-electron chi connectivity index (χ1n) is 4.88. The van der Waals surface area contributed by atoms with Crippen LogP contribution in [-0.2, 0) is 0 Å². The van der Waals surface area contributed by atoms with Crippen molar-refractivity contribution in [2.24, 2.45) is 0 Å². The average Bonchev–Trinajstić information content (AvgIpc) is 2.24. The number of alkyl halides is 4. The first kappa shape index (κ1) is 14.5. The fourth-order valence-electron chi connectivity index (χ4n) is 1.33. The van der Waals surface area contributed by atoms with Crippen molar-refractivity contribution in [3.05, 3.63) is 28.8 Å². The van der Waals surface area contributed by atoms with Crippen LogP contribution in [0.4, 0.5) is 13.2 Å². The normalized spacial score (nSPS) is 13.5. The first-order valence-corrected chi connectivity index (χ1v) is 5.69. The molecule has 0 radical (unpaired) electrons. The standard InChI is InChI=1S/C11H11Cl2F3O/c1-17-7-2-3-8(10(13)6-7)9(12)4-5-11(14,15)16/h2-3,6,9H,4-5H2,1H3. The molecule has 0 heterocycles. The highest BCUT2D eigenvalue weighted by atomic mass is 35.5. The molecule has 1 nitrogen and oxygen atoms in total. The first-order chi connectivity index (χ1) is 7.83. The molecule has 1 unspecified atom stereocenters. The Kier molecular flexibility index (Phi) is 4.95. The second-order valence-corrected chi connectivity index (χ2v) is 4.44. The zero-order valence-electron chi connectivity index (χ0n) is 9.02. The zero-order valence-corrected chi connectivity index (χ0v) is 10.5. The molecule has 17 heavy (non-hydrogen) atoms. The minimum Gasteiger partial charge on any atom is -0.497 e. The van der Waals surface area contributed by atoms with Crippen LogP contribution in [0.3, 0.4) is 0 Å². The molecular formula is C11H11Cl2F3O. The highest BCUT2D eigenvalue weighted by molar-refractivity contribution is 6.32. The third-order valence-electron chi connectivity index (χ3n) is 2.23. The lowest BCUT2D eigenvalue weighted by Crippen LogP contribution is -2.08. The number of hydrogen-bond acceptors (Lipinski definition) is 1. The van der Waals surface area contributed by atoms with Crippen molar-refractivity contribution in [3.63, 3.8) is 0 Å². The maximum Gasteiger partial charge on any atom is 0.389 e. The van der Waals surface area contributed by atoms with Gasteiger partial charge in [-0.25, -0.2) is 0 Å². The van der Waals surface area contributed by atoms with Crippen LogP contribution in [0.1, 0.15) is 23.8 Å². The van der Waals surface area contributed by atoms with Crippen molar-refractivity contribution in [3.8, 4) is 5.75 Å². The van der Waals surface area contributed by atoms with Gasteiger partial charge in [0.1, 0.15) is 5.75 Å². The van der Waals surface area contributed by atoms with Crippen molar-refractivity contribution in [2.75, 3.05) is 7.11 Å². The lowest BCUT2D eigenvalue weighted by Gasteiger charge is -2.13. The van der Waals surface area contributed by atoms with Crippen LogP contribution < -0.4 is 4.74 Å². The Bertz CT molecular complexity index is 379. The number of hydrogen-bond donors (Lipinski definition) is 0. The lowest BCUT2D eigenvalue weighted by atomic mass is 10.1. The molecule has 0 amide bonds. The molecule has 0 spiro atoms. The molecule has 96 valence electrons. The Labute approximate surface area is 107 Å². The molecule has 0 bridgehead atoms. The predicted octanol–water partition coefficient (Wildman–Crippen LogP) is 4.97. The number of benzene rings is 1. The van der Waals surface area contributed by atoms with Gasteiger partial charge in [-0.05, 0) is 24.1 Å². The summed E-state index contributed by atoms with van der Waals surface area (Å²) in [6.07, 6.45) is -5.33. The van der Waals surface area contributed by atoms with Crippen LogP contribution in [0, 0.1) is 0 Å². The van der Waals surface area contributed by atoms with E-state index in [1.54, 1.807) is 12.1 Å². The minimum atomic E-state index is -4.20. The van der Waals surface area contributed by atoms with Crippen molar-refractivity contribution >= 4 is 23.2 Å². The second-order valence-electron chi connectivity index (χ2n) is 3.51. The quantitative estimate of drug-likeness (QED) is 0.710. The number of methoxy groups -OCH3 is 1. The van der Waals surface area contributed by atoms with Crippen LogP contribution in [0.2, 0.25) is 5.02 Å². The summed E-state index contributed by atoms with van der Waals surface area (Å²) in [5.41, 5.74) is 0.485. The monoisotopic (exact) mass is 286 g/mol. The summed E-state index contributed by atoms with van der Waals surface area (Å²) in [6.45, 7) is 0. The van der Waals surface area contributed by atoms with Crippen molar-refractivity contribution < 1.29 is 17.9 Å². The molecule has 1 aromatic carbocycles. The van der Waals surface area contributed by atoms with Gasteiger partial charge >= 0.3 is 6.18 Å². The molecule has 0 aliphatic rings. The van der Waals surface area contributed by atoms with Gasteiger partial charge in [0.2, 0.25) is 0 Å². The second kappa shape index (κ2) is 5.83. The summed E-state index contributed by atoms with van der Waals surface area (Å²) in [5, 5.41) is -0.443. The van der Waals surface area contributed by atoms with E-state index >= 15 is 0 Å². The fraction of sp³-hybridized carbons (Fsp3) is 0.455. The van der Waals surface area contributed by atoms with Crippen LogP contribution in [0.25, 0.3) is 0 Å². The molecule has 0 saturated heterocycles.